The third-order valence-electron chi connectivity index (χ3n) is 3.90. The highest BCUT2D eigenvalue weighted by Gasteiger charge is 2.20. The van der Waals surface area contributed by atoms with Crippen LogP contribution in [0.2, 0.25) is 5.02 Å². The van der Waals surface area contributed by atoms with Crippen LogP contribution in [0.5, 0.6) is 0 Å². The smallest absolute Gasteiger partial charge is 0.261 e. The lowest BCUT2D eigenvalue weighted by Gasteiger charge is -2.13. The van der Waals surface area contributed by atoms with E-state index in [1.807, 2.05) is 0 Å². The van der Waals surface area contributed by atoms with E-state index in [2.05, 4.69) is 15.4 Å². The first-order valence-electron chi connectivity index (χ1n) is 8.30. The van der Waals surface area contributed by atoms with E-state index in [1.165, 1.54) is 54.8 Å². The van der Waals surface area contributed by atoms with E-state index >= 15 is 0 Å². The van der Waals surface area contributed by atoms with Gasteiger partial charge in [0.2, 0.25) is 0 Å². The number of para-hydroxylation sites is 1. The van der Waals surface area contributed by atoms with Crippen LogP contribution in [0.4, 0.5) is 10.7 Å². The molecular formula is C19H16ClN3O4S2. The number of amides is 2. The summed E-state index contributed by atoms with van der Waals surface area (Å²) in [6.45, 7) is 0. The molecule has 10 heteroatoms. The molecule has 0 saturated heterocycles. The Labute approximate surface area is 176 Å². The first-order valence-corrected chi connectivity index (χ1v) is 11.0. The highest BCUT2D eigenvalue weighted by Crippen LogP contribution is 2.26. The van der Waals surface area contributed by atoms with Gasteiger partial charge in [-0.05, 0) is 47.8 Å². The van der Waals surface area contributed by atoms with Gasteiger partial charge in [0.1, 0.15) is 5.00 Å². The lowest BCUT2D eigenvalue weighted by Crippen LogP contribution is -2.21. The molecule has 0 unspecified atom stereocenters. The molecular weight excluding hydrogens is 434 g/mol. The summed E-state index contributed by atoms with van der Waals surface area (Å²) in [4.78, 5) is 24.7. The summed E-state index contributed by atoms with van der Waals surface area (Å²) in [6, 6.07) is 13.5. The van der Waals surface area contributed by atoms with Gasteiger partial charge in [0.25, 0.3) is 21.8 Å². The minimum atomic E-state index is -3.92. The summed E-state index contributed by atoms with van der Waals surface area (Å²) in [5.74, 6) is -0.884. The van der Waals surface area contributed by atoms with E-state index in [4.69, 9.17) is 11.6 Å². The first-order chi connectivity index (χ1) is 13.8. The molecule has 0 bridgehead atoms. The van der Waals surface area contributed by atoms with Crippen molar-refractivity contribution in [3.8, 4) is 0 Å². The van der Waals surface area contributed by atoms with Crippen LogP contribution in [0.15, 0.2) is 64.9 Å². The van der Waals surface area contributed by atoms with Crippen LogP contribution in [-0.4, -0.2) is 27.3 Å². The second-order valence-electron chi connectivity index (χ2n) is 5.80. The van der Waals surface area contributed by atoms with Crippen molar-refractivity contribution in [1.82, 2.24) is 5.32 Å². The van der Waals surface area contributed by atoms with Gasteiger partial charge in [0, 0.05) is 12.1 Å². The van der Waals surface area contributed by atoms with Crippen molar-refractivity contribution in [2.45, 2.75) is 4.90 Å². The summed E-state index contributed by atoms with van der Waals surface area (Å²) in [5, 5.41) is 7.61. The van der Waals surface area contributed by atoms with Gasteiger partial charge in [0.05, 0.1) is 21.7 Å². The van der Waals surface area contributed by atoms with Crippen LogP contribution in [0.1, 0.15) is 20.7 Å². The second kappa shape index (κ2) is 8.64. The Morgan fingerprint density at radius 1 is 0.931 bits per heavy atom. The fraction of sp³-hybridized carbons (Fsp3) is 0.0526. The number of anilines is 2. The van der Waals surface area contributed by atoms with Crippen molar-refractivity contribution in [2.75, 3.05) is 17.1 Å². The molecule has 2 amide bonds. The average molecular weight is 450 g/mol. The van der Waals surface area contributed by atoms with Gasteiger partial charge in [-0.3, -0.25) is 14.3 Å². The number of halogens is 1. The normalized spacial score (nSPS) is 11.0. The van der Waals surface area contributed by atoms with Gasteiger partial charge < -0.3 is 10.6 Å². The first kappa shape index (κ1) is 20.8. The molecule has 1 aromatic heterocycles. The SMILES string of the molecule is CNC(=O)c1ccsc1NC(=O)c1ccccc1NS(=O)(=O)c1ccc(Cl)cc1. The van der Waals surface area contributed by atoms with E-state index in [1.54, 1.807) is 23.6 Å². The van der Waals surface area contributed by atoms with Gasteiger partial charge in [-0.2, -0.15) is 0 Å². The standard InChI is InChI=1S/C19H16ClN3O4S2/c1-21-17(24)15-10-11-28-19(15)22-18(25)14-4-2-3-5-16(14)23-29(26,27)13-8-6-12(20)7-9-13/h2-11,23H,1H3,(H,21,24)(H,22,25). The van der Waals surface area contributed by atoms with Crippen molar-refractivity contribution >= 4 is 55.5 Å². The van der Waals surface area contributed by atoms with E-state index in [-0.39, 0.29) is 22.1 Å². The highest BCUT2D eigenvalue weighted by molar-refractivity contribution is 7.92. The molecule has 3 N–H and O–H groups in total. The monoisotopic (exact) mass is 449 g/mol. The number of benzene rings is 2. The molecule has 2 aromatic carbocycles. The third-order valence-corrected chi connectivity index (χ3v) is 6.37. The van der Waals surface area contributed by atoms with Crippen molar-refractivity contribution in [1.29, 1.82) is 0 Å². The largest absolute Gasteiger partial charge is 0.355 e. The number of nitrogens with one attached hydrogen (secondary N) is 3. The Kier molecular flexibility index (Phi) is 6.21. The van der Waals surface area contributed by atoms with Crippen LogP contribution >= 0.6 is 22.9 Å². The summed E-state index contributed by atoms with van der Waals surface area (Å²) < 4.78 is 27.7. The zero-order chi connectivity index (χ0) is 21.0. The molecule has 0 spiro atoms. The Morgan fingerprint density at radius 3 is 2.31 bits per heavy atom. The number of hydrogen-bond acceptors (Lipinski definition) is 5. The van der Waals surface area contributed by atoms with Crippen LogP contribution in [0.3, 0.4) is 0 Å². The fourth-order valence-electron chi connectivity index (χ4n) is 2.48. The number of carbonyl (C=O) groups is 2. The lowest BCUT2D eigenvalue weighted by molar-refractivity contribution is 0.0964. The van der Waals surface area contributed by atoms with Gasteiger partial charge >= 0.3 is 0 Å². The van der Waals surface area contributed by atoms with E-state index in [9.17, 15) is 18.0 Å². The summed E-state index contributed by atoms with van der Waals surface area (Å²) in [7, 11) is -2.43. The van der Waals surface area contributed by atoms with Crippen molar-refractivity contribution in [3.05, 3.63) is 76.1 Å². The molecule has 0 aliphatic heterocycles. The number of rotatable bonds is 6. The molecule has 3 aromatic rings. The van der Waals surface area contributed by atoms with Gasteiger partial charge in [-0.15, -0.1) is 11.3 Å². The van der Waals surface area contributed by atoms with Crippen LogP contribution in [0, 0.1) is 0 Å². The van der Waals surface area contributed by atoms with Crippen LogP contribution in [-0.2, 0) is 10.0 Å². The fourth-order valence-corrected chi connectivity index (χ4v) is 4.46. The second-order valence-corrected chi connectivity index (χ2v) is 8.84. The minimum absolute atomic E-state index is 0.0114. The van der Waals surface area contributed by atoms with Crippen LogP contribution in [0.25, 0.3) is 0 Å². The molecule has 0 aliphatic rings. The maximum atomic E-state index is 12.8. The Morgan fingerprint density at radius 2 is 1.62 bits per heavy atom. The van der Waals surface area contributed by atoms with Crippen molar-refractivity contribution in [2.24, 2.45) is 0 Å². The molecule has 1 heterocycles. The van der Waals surface area contributed by atoms with Crippen LogP contribution < -0.4 is 15.4 Å². The molecule has 150 valence electrons. The van der Waals surface area contributed by atoms with Gasteiger partial charge in [-0.25, -0.2) is 8.42 Å². The molecule has 3 rings (SSSR count). The summed E-state index contributed by atoms with van der Waals surface area (Å²) in [6.07, 6.45) is 0. The average Bonchev–Trinajstić information content (AvgIpc) is 3.16. The molecule has 0 saturated carbocycles. The molecule has 0 atom stereocenters. The van der Waals surface area contributed by atoms with E-state index in [0.717, 1.165) is 0 Å². The maximum absolute atomic E-state index is 12.8. The Balaban J connectivity index is 1.87. The molecule has 29 heavy (non-hydrogen) atoms. The zero-order valence-corrected chi connectivity index (χ0v) is 17.5. The quantitative estimate of drug-likeness (QED) is 0.532. The van der Waals surface area contributed by atoms with E-state index in [0.29, 0.717) is 15.6 Å². The highest BCUT2D eigenvalue weighted by atomic mass is 35.5. The lowest BCUT2D eigenvalue weighted by atomic mass is 10.1. The van der Waals surface area contributed by atoms with Gasteiger partial charge in [0.15, 0.2) is 0 Å². The van der Waals surface area contributed by atoms with Crippen molar-refractivity contribution in [3.63, 3.8) is 0 Å². The predicted octanol–water partition coefficient (Wildman–Crippen LogP) is 3.81. The topological polar surface area (TPSA) is 104 Å². The molecule has 7 nitrogen and oxygen atoms in total. The third kappa shape index (κ3) is 4.76. The Hall–Kier alpha value is -2.88. The minimum Gasteiger partial charge on any atom is -0.355 e. The number of hydrogen-bond donors (Lipinski definition) is 3. The predicted molar refractivity (Wildman–Crippen MR) is 114 cm³/mol. The molecule has 0 fully saturated rings. The number of thiophene rings is 1. The molecule has 0 radical (unpaired) electrons. The van der Waals surface area contributed by atoms with Gasteiger partial charge in [-0.1, -0.05) is 23.7 Å². The molecule has 0 aliphatic carbocycles. The summed E-state index contributed by atoms with van der Waals surface area (Å²) in [5.41, 5.74) is 0.546. The number of sulfonamides is 1. The maximum Gasteiger partial charge on any atom is 0.261 e. The van der Waals surface area contributed by atoms with E-state index < -0.39 is 15.9 Å². The zero-order valence-electron chi connectivity index (χ0n) is 15.1. The Bertz CT molecular complexity index is 1160. The van der Waals surface area contributed by atoms with Crippen molar-refractivity contribution < 1.29 is 18.0 Å². The summed E-state index contributed by atoms with van der Waals surface area (Å²) >= 11 is 7.00. The number of carbonyl (C=O) groups excluding carboxylic acids is 2.